The number of aromatic nitrogens is 3. The number of nitrogens with one attached hydrogen (secondary N) is 1. The van der Waals surface area contributed by atoms with E-state index in [1.54, 1.807) is 11.7 Å². The van der Waals surface area contributed by atoms with Crippen LogP contribution >= 0.6 is 22.7 Å². The summed E-state index contributed by atoms with van der Waals surface area (Å²) in [5.41, 5.74) is 2.10. The van der Waals surface area contributed by atoms with Crippen LogP contribution in [0, 0.1) is 0 Å². The number of pyridine rings is 1. The first-order valence-corrected chi connectivity index (χ1v) is 11.0. The molecule has 9 heteroatoms. The van der Waals surface area contributed by atoms with Crippen molar-refractivity contribution in [2.75, 3.05) is 36.4 Å². The zero-order chi connectivity index (χ0) is 19.3. The average Bonchev–Trinajstić information content (AvgIpc) is 3.40. The lowest BCUT2D eigenvalue weighted by Gasteiger charge is -2.35. The molecule has 0 atom stereocenters. The third-order valence-electron chi connectivity index (χ3n) is 4.73. The van der Waals surface area contributed by atoms with Crippen LogP contribution in [-0.4, -0.2) is 52.2 Å². The van der Waals surface area contributed by atoms with Crippen molar-refractivity contribution in [3.63, 3.8) is 0 Å². The number of hydrogen-bond acceptors (Lipinski definition) is 8. The molecule has 0 aliphatic carbocycles. The Morgan fingerprint density at radius 2 is 1.96 bits per heavy atom. The van der Waals surface area contributed by atoms with Crippen molar-refractivity contribution in [1.29, 1.82) is 0 Å². The van der Waals surface area contributed by atoms with Crippen LogP contribution in [0.5, 0.6) is 0 Å². The lowest BCUT2D eigenvalue weighted by Crippen LogP contribution is -2.46. The lowest BCUT2D eigenvalue weighted by molar-refractivity contribution is 0.102. The maximum Gasteiger partial charge on any atom is 0.259 e. The third-order valence-corrected chi connectivity index (χ3v) is 6.55. The normalized spacial score (nSPS) is 15.0. The Kier molecular flexibility index (Phi) is 5.94. The predicted molar refractivity (Wildman–Crippen MR) is 113 cm³/mol. The highest BCUT2D eigenvalue weighted by Crippen LogP contribution is 2.21. The Morgan fingerprint density at radius 3 is 2.61 bits per heavy atom. The Morgan fingerprint density at radius 1 is 1.14 bits per heavy atom. The molecule has 1 saturated heterocycles. The second-order valence-electron chi connectivity index (χ2n) is 6.59. The van der Waals surface area contributed by atoms with Crippen LogP contribution in [0.15, 0.2) is 36.0 Å². The largest absolute Gasteiger partial charge is 0.354 e. The molecule has 28 heavy (non-hydrogen) atoms. The van der Waals surface area contributed by atoms with Gasteiger partial charge in [0.05, 0.1) is 5.56 Å². The molecule has 0 aromatic carbocycles. The van der Waals surface area contributed by atoms with Crippen LogP contribution in [-0.2, 0) is 13.0 Å². The molecular formula is C19H22N6OS2. The van der Waals surface area contributed by atoms with Crippen LogP contribution in [0.1, 0.15) is 27.0 Å². The quantitative estimate of drug-likeness (QED) is 0.668. The van der Waals surface area contributed by atoms with Crippen LogP contribution in [0.3, 0.4) is 0 Å². The number of carbonyl (C=O) groups excluding carboxylic acids is 1. The summed E-state index contributed by atoms with van der Waals surface area (Å²) in [7, 11) is 0. The van der Waals surface area contributed by atoms with E-state index in [-0.39, 0.29) is 5.91 Å². The molecule has 3 aromatic heterocycles. The average molecular weight is 415 g/mol. The maximum absolute atomic E-state index is 12.2. The fourth-order valence-electron chi connectivity index (χ4n) is 3.16. The molecule has 0 radical (unpaired) electrons. The number of carbonyl (C=O) groups is 1. The van der Waals surface area contributed by atoms with Gasteiger partial charge in [-0.15, -0.1) is 21.5 Å². The molecule has 4 heterocycles. The minimum absolute atomic E-state index is 0.219. The number of rotatable bonds is 6. The SMILES string of the molecule is CCc1ccc(CN2CCN(c3ccc(C(=O)Nc4nncs4)cn3)CC2)s1. The molecule has 4 rings (SSSR count). The molecule has 3 aromatic rings. The highest BCUT2D eigenvalue weighted by Gasteiger charge is 2.19. The van der Waals surface area contributed by atoms with E-state index in [2.05, 4.69) is 49.4 Å². The zero-order valence-corrected chi connectivity index (χ0v) is 17.3. The van der Waals surface area contributed by atoms with Gasteiger partial charge >= 0.3 is 0 Å². The summed E-state index contributed by atoms with van der Waals surface area (Å²) in [6, 6.07) is 8.21. The highest BCUT2D eigenvalue weighted by atomic mass is 32.1. The molecule has 1 amide bonds. The van der Waals surface area contributed by atoms with E-state index < -0.39 is 0 Å². The molecule has 7 nitrogen and oxygen atoms in total. The predicted octanol–water partition coefficient (Wildman–Crippen LogP) is 3.13. The minimum Gasteiger partial charge on any atom is -0.354 e. The molecule has 146 valence electrons. The van der Waals surface area contributed by atoms with Gasteiger partial charge in [0.15, 0.2) is 0 Å². The molecule has 0 bridgehead atoms. The first-order chi connectivity index (χ1) is 13.7. The first-order valence-electron chi connectivity index (χ1n) is 9.29. The Labute approximate surface area is 172 Å². The van der Waals surface area contributed by atoms with Crippen LogP contribution < -0.4 is 10.2 Å². The Hall–Kier alpha value is -2.36. The monoisotopic (exact) mass is 414 g/mol. The second kappa shape index (κ2) is 8.76. The Bertz CT molecular complexity index is 901. The van der Waals surface area contributed by atoms with Gasteiger partial charge in [0.2, 0.25) is 5.13 Å². The number of hydrogen-bond donors (Lipinski definition) is 1. The van der Waals surface area contributed by atoms with E-state index in [0.29, 0.717) is 10.7 Å². The van der Waals surface area contributed by atoms with Gasteiger partial charge in [-0.2, -0.15) is 0 Å². The molecule has 0 spiro atoms. The third kappa shape index (κ3) is 4.54. The number of thiophene rings is 1. The lowest BCUT2D eigenvalue weighted by atomic mass is 10.2. The molecule has 1 N–H and O–H groups in total. The van der Waals surface area contributed by atoms with Gasteiger partial charge in [-0.05, 0) is 30.7 Å². The van der Waals surface area contributed by atoms with E-state index >= 15 is 0 Å². The molecule has 1 aliphatic rings. The summed E-state index contributed by atoms with van der Waals surface area (Å²) in [5.74, 6) is 0.694. The van der Waals surface area contributed by atoms with Gasteiger partial charge in [0.1, 0.15) is 11.3 Å². The summed E-state index contributed by atoms with van der Waals surface area (Å²) < 4.78 is 0. The second-order valence-corrected chi connectivity index (χ2v) is 8.67. The summed E-state index contributed by atoms with van der Waals surface area (Å²) in [6.07, 6.45) is 2.73. The van der Waals surface area contributed by atoms with Crippen molar-refractivity contribution < 1.29 is 4.79 Å². The van der Waals surface area contributed by atoms with E-state index in [1.165, 1.54) is 21.1 Å². The van der Waals surface area contributed by atoms with Gasteiger partial charge in [-0.25, -0.2) is 4.98 Å². The number of aryl methyl sites for hydroxylation is 1. The molecular weight excluding hydrogens is 392 g/mol. The van der Waals surface area contributed by atoms with Crippen LogP contribution in [0.4, 0.5) is 10.9 Å². The van der Waals surface area contributed by atoms with E-state index in [1.807, 2.05) is 23.5 Å². The van der Waals surface area contributed by atoms with Gasteiger partial charge in [0.25, 0.3) is 5.91 Å². The van der Waals surface area contributed by atoms with Crippen molar-refractivity contribution in [2.45, 2.75) is 19.9 Å². The fourth-order valence-corrected chi connectivity index (χ4v) is 4.60. The van der Waals surface area contributed by atoms with Crippen molar-refractivity contribution in [3.8, 4) is 0 Å². The van der Waals surface area contributed by atoms with Crippen molar-refractivity contribution in [2.24, 2.45) is 0 Å². The Balaban J connectivity index is 1.30. The van der Waals surface area contributed by atoms with Gasteiger partial charge < -0.3 is 4.90 Å². The number of nitrogens with zero attached hydrogens (tertiary/aromatic N) is 5. The summed E-state index contributed by atoms with van der Waals surface area (Å²) in [5, 5.41) is 10.7. The molecule has 0 unspecified atom stereocenters. The topological polar surface area (TPSA) is 74.2 Å². The fraction of sp³-hybridized carbons (Fsp3) is 0.368. The number of amides is 1. The maximum atomic E-state index is 12.2. The van der Waals surface area contributed by atoms with Gasteiger partial charge in [-0.3, -0.25) is 15.0 Å². The van der Waals surface area contributed by atoms with Crippen molar-refractivity contribution in [1.82, 2.24) is 20.1 Å². The van der Waals surface area contributed by atoms with Gasteiger partial charge in [0, 0.05) is 48.7 Å². The van der Waals surface area contributed by atoms with Crippen molar-refractivity contribution in [3.05, 3.63) is 51.3 Å². The van der Waals surface area contributed by atoms with E-state index in [0.717, 1.165) is 45.0 Å². The number of anilines is 2. The smallest absolute Gasteiger partial charge is 0.259 e. The summed E-state index contributed by atoms with van der Waals surface area (Å²) >= 11 is 3.20. The first kappa shape index (κ1) is 19.0. The zero-order valence-electron chi connectivity index (χ0n) is 15.7. The van der Waals surface area contributed by atoms with Crippen LogP contribution in [0.2, 0.25) is 0 Å². The van der Waals surface area contributed by atoms with E-state index in [4.69, 9.17) is 0 Å². The van der Waals surface area contributed by atoms with Crippen molar-refractivity contribution >= 4 is 39.5 Å². The number of piperazine rings is 1. The summed E-state index contributed by atoms with van der Waals surface area (Å²) in [6.45, 7) is 7.13. The van der Waals surface area contributed by atoms with E-state index in [9.17, 15) is 4.79 Å². The highest BCUT2D eigenvalue weighted by molar-refractivity contribution is 7.13. The van der Waals surface area contributed by atoms with Crippen LogP contribution in [0.25, 0.3) is 0 Å². The molecule has 0 saturated carbocycles. The minimum atomic E-state index is -0.219. The summed E-state index contributed by atoms with van der Waals surface area (Å²) in [4.78, 5) is 24.4. The van der Waals surface area contributed by atoms with Gasteiger partial charge in [-0.1, -0.05) is 18.3 Å². The molecule has 1 aliphatic heterocycles. The molecule has 1 fully saturated rings. The standard InChI is InChI=1S/C19H22N6OS2/c1-2-15-4-5-16(28-15)12-24-7-9-25(10-8-24)17-6-3-14(11-20-17)18(26)22-19-23-21-13-27-19/h3-6,11,13H,2,7-10,12H2,1H3,(H,22,23,26).